The number of hydrogen-bond donors (Lipinski definition) is 2. The first kappa shape index (κ1) is 13.1. The lowest BCUT2D eigenvalue weighted by Gasteiger charge is -2.29. The summed E-state index contributed by atoms with van der Waals surface area (Å²) in [4.78, 5) is 13.2. The molecule has 1 aromatic rings. The van der Waals surface area contributed by atoms with Crippen LogP contribution in [0.15, 0.2) is 30.3 Å². The van der Waals surface area contributed by atoms with Crippen molar-refractivity contribution in [2.45, 2.75) is 38.0 Å². The molecule has 2 atom stereocenters. The predicted octanol–water partition coefficient (Wildman–Crippen LogP) is 1.49. The number of aliphatic carboxylic acids is 1. The number of hydrogen-bond acceptors (Lipinski definition) is 3. The van der Waals surface area contributed by atoms with Gasteiger partial charge in [0.15, 0.2) is 0 Å². The molecule has 1 aliphatic rings. The van der Waals surface area contributed by atoms with E-state index in [9.17, 15) is 15.0 Å². The number of nitrogens with zero attached hydrogens (tertiary/aromatic N) is 1. The van der Waals surface area contributed by atoms with Gasteiger partial charge in [0.05, 0.1) is 6.10 Å². The molecular weight excluding hydrogens is 230 g/mol. The summed E-state index contributed by atoms with van der Waals surface area (Å²) in [5.74, 6) is -0.930. The first-order chi connectivity index (χ1) is 8.68. The van der Waals surface area contributed by atoms with E-state index < -0.39 is 18.1 Å². The topological polar surface area (TPSA) is 60.8 Å². The Bertz CT molecular complexity index is 393. The quantitative estimate of drug-likeness (QED) is 0.852. The van der Waals surface area contributed by atoms with E-state index in [1.807, 2.05) is 35.2 Å². The number of benzene rings is 1. The first-order valence-electron chi connectivity index (χ1n) is 6.37. The Kier molecular flexibility index (Phi) is 4.33. The number of carboxylic acids is 1. The van der Waals surface area contributed by atoms with Crippen LogP contribution in [0.1, 0.15) is 24.8 Å². The maximum absolute atomic E-state index is 11.3. The summed E-state index contributed by atoms with van der Waals surface area (Å²) in [5, 5.41) is 19.2. The Morgan fingerprint density at radius 1 is 1.28 bits per heavy atom. The van der Waals surface area contributed by atoms with Crippen molar-refractivity contribution < 1.29 is 15.0 Å². The molecular formula is C14H19NO3. The minimum absolute atomic E-state index is 0.572. The molecule has 1 heterocycles. The SMILES string of the molecule is O=C(O)C1C(O)CCCCN1Cc1ccccc1. The van der Waals surface area contributed by atoms with E-state index in [1.165, 1.54) is 0 Å². The molecule has 0 saturated carbocycles. The number of carboxylic acid groups (broad SMARTS) is 1. The highest BCUT2D eigenvalue weighted by atomic mass is 16.4. The number of aliphatic hydroxyl groups excluding tert-OH is 1. The second-order valence-corrected chi connectivity index (χ2v) is 4.80. The first-order valence-corrected chi connectivity index (χ1v) is 6.37. The zero-order valence-electron chi connectivity index (χ0n) is 10.3. The van der Waals surface area contributed by atoms with Crippen LogP contribution in [0, 0.1) is 0 Å². The summed E-state index contributed by atoms with van der Waals surface area (Å²) in [6.07, 6.45) is 1.63. The monoisotopic (exact) mass is 249 g/mol. The average Bonchev–Trinajstić information content (AvgIpc) is 2.52. The second-order valence-electron chi connectivity index (χ2n) is 4.80. The van der Waals surface area contributed by atoms with Crippen LogP contribution in [0.4, 0.5) is 0 Å². The van der Waals surface area contributed by atoms with E-state index >= 15 is 0 Å². The van der Waals surface area contributed by atoms with Gasteiger partial charge in [0.2, 0.25) is 0 Å². The van der Waals surface area contributed by atoms with Crippen molar-refractivity contribution in [3.05, 3.63) is 35.9 Å². The van der Waals surface area contributed by atoms with Crippen molar-refractivity contribution in [2.75, 3.05) is 6.54 Å². The fraction of sp³-hybridized carbons (Fsp3) is 0.500. The lowest BCUT2D eigenvalue weighted by atomic mass is 10.1. The fourth-order valence-electron chi connectivity index (χ4n) is 2.52. The molecule has 0 bridgehead atoms. The van der Waals surface area contributed by atoms with Gasteiger partial charge in [0.1, 0.15) is 6.04 Å². The van der Waals surface area contributed by atoms with Crippen LogP contribution in [0.2, 0.25) is 0 Å². The van der Waals surface area contributed by atoms with E-state index in [2.05, 4.69) is 0 Å². The van der Waals surface area contributed by atoms with Crippen LogP contribution in [0.5, 0.6) is 0 Å². The molecule has 1 saturated heterocycles. The lowest BCUT2D eigenvalue weighted by molar-refractivity contribution is -0.147. The maximum Gasteiger partial charge on any atom is 0.323 e. The number of carbonyl (C=O) groups is 1. The molecule has 0 aliphatic carbocycles. The number of aliphatic hydroxyl groups is 1. The largest absolute Gasteiger partial charge is 0.480 e. The molecule has 1 aliphatic heterocycles. The molecule has 4 heteroatoms. The summed E-state index contributed by atoms with van der Waals surface area (Å²) < 4.78 is 0. The number of rotatable bonds is 3. The Morgan fingerprint density at radius 3 is 2.67 bits per heavy atom. The van der Waals surface area contributed by atoms with Crippen molar-refractivity contribution in [1.29, 1.82) is 0 Å². The van der Waals surface area contributed by atoms with E-state index in [1.54, 1.807) is 0 Å². The normalized spacial score (nSPS) is 25.6. The van der Waals surface area contributed by atoms with Gasteiger partial charge in [0, 0.05) is 6.54 Å². The molecule has 4 nitrogen and oxygen atoms in total. The molecule has 18 heavy (non-hydrogen) atoms. The van der Waals surface area contributed by atoms with Crippen molar-refractivity contribution in [2.24, 2.45) is 0 Å². The van der Waals surface area contributed by atoms with Crippen molar-refractivity contribution >= 4 is 5.97 Å². The smallest absolute Gasteiger partial charge is 0.323 e. The van der Waals surface area contributed by atoms with E-state index in [4.69, 9.17) is 0 Å². The van der Waals surface area contributed by atoms with Crippen molar-refractivity contribution in [3.8, 4) is 0 Å². The minimum atomic E-state index is -0.930. The molecule has 2 rings (SSSR count). The summed E-state index contributed by atoms with van der Waals surface area (Å²) >= 11 is 0. The molecule has 98 valence electrons. The molecule has 2 N–H and O–H groups in total. The predicted molar refractivity (Wildman–Crippen MR) is 68.1 cm³/mol. The molecule has 1 aromatic carbocycles. The number of likely N-dealkylation sites (tertiary alicyclic amines) is 1. The van der Waals surface area contributed by atoms with Gasteiger partial charge in [-0.3, -0.25) is 9.69 Å². The van der Waals surface area contributed by atoms with Gasteiger partial charge in [0.25, 0.3) is 0 Å². The molecule has 0 amide bonds. The summed E-state index contributed by atoms with van der Waals surface area (Å²) in [5.41, 5.74) is 1.08. The van der Waals surface area contributed by atoms with Crippen LogP contribution in [0.25, 0.3) is 0 Å². The fourth-order valence-corrected chi connectivity index (χ4v) is 2.52. The zero-order valence-corrected chi connectivity index (χ0v) is 10.3. The van der Waals surface area contributed by atoms with Gasteiger partial charge >= 0.3 is 5.97 Å². The minimum Gasteiger partial charge on any atom is -0.480 e. The van der Waals surface area contributed by atoms with Crippen molar-refractivity contribution in [3.63, 3.8) is 0 Å². The highest BCUT2D eigenvalue weighted by Crippen LogP contribution is 2.20. The third-order valence-corrected chi connectivity index (χ3v) is 3.43. The molecule has 0 aromatic heterocycles. The Balaban J connectivity index is 2.14. The van der Waals surface area contributed by atoms with Crippen LogP contribution in [-0.4, -0.2) is 39.8 Å². The van der Waals surface area contributed by atoms with Gasteiger partial charge in [-0.25, -0.2) is 0 Å². The van der Waals surface area contributed by atoms with Gasteiger partial charge < -0.3 is 10.2 Å². The molecule has 1 fully saturated rings. The second kappa shape index (κ2) is 5.98. The van der Waals surface area contributed by atoms with E-state index in [-0.39, 0.29) is 0 Å². The molecule has 2 unspecified atom stereocenters. The summed E-state index contributed by atoms with van der Waals surface area (Å²) in [6, 6.07) is 9.01. The van der Waals surface area contributed by atoms with Gasteiger partial charge in [-0.2, -0.15) is 0 Å². The maximum atomic E-state index is 11.3. The van der Waals surface area contributed by atoms with Gasteiger partial charge in [-0.15, -0.1) is 0 Å². The van der Waals surface area contributed by atoms with E-state index in [0.717, 1.165) is 24.9 Å². The summed E-state index contributed by atoms with van der Waals surface area (Å²) in [7, 11) is 0. The van der Waals surface area contributed by atoms with Gasteiger partial charge in [-0.1, -0.05) is 30.3 Å². The van der Waals surface area contributed by atoms with Crippen LogP contribution >= 0.6 is 0 Å². The standard InChI is InChI=1S/C14H19NO3/c16-12-8-4-5-9-15(13(12)14(17)18)10-11-6-2-1-3-7-11/h1-3,6-7,12-13,16H,4-5,8-10H2,(H,17,18). The zero-order chi connectivity index (χ0) is 13.0. The Hall–Kier alpha value is -1.39. The highest BCUT2D eigenvalue weighted by molar-refractivity contribution is 5.74. The van der Waals surface area contributed by atoms with Crippen LogP contribution in [-0.2, 0) is 11.3 Å². The third kappa shape index (κ3) is 3.09. The average molecular weight is 249 g/mol. The van der Waals surface area contributed by atoms with E-state index in [0.29, 0.717) is 13.0 Å². The van der Waals surface area contributed by atoms with Crippen LogP contribution < -0.4 is 0 Å². The Labute approximate surface area is 107 Å². The molecule has 0 spiro atoms. The summed E-state index contributed by atoms with van der Waals surface area (Å²) in [6.45, 7) is 1.30. The lowest BCUT2D eigenvalue weighted by Crippen LogP contribution is -2.47. The molecule has 0 radical (unpaired) electrons. The van der Waals surface area contributed by atoms with Crippen LogP contribution in [0.3, 0.4) is 0 Å². The highest BCUT2D eigenvalue weighted by Gasteiger charge is 2.34. The Morgan fingerprint density at radius 2 is 2.00 bits per heavy atom. The van der Waals surface area contributed by atoms with Crippen molar-refractivity contribution in [1.82, 2.24) is 4.90 Å². The third-order valence-electron chi connectivity index (χ3n) is 3.43. The van der Waals surface area contributed by atoms with Gasteiger partial charge in [-0.05, 0) is 31.4 Å².